The van der Waals surface area contributed by atoms with Crippen molar-refractivity contribution in [2.45, 2.75) is 44.4 Å². The zero-order valence-electron chi connectivity index (χ0n) is 23.6. The number of thiazole rings is 1. The first-order valence-corrected chi connectivity index (χ1v) is 15.2. The van der Waals surface area contributed by atoms with E-state index in [-0.39, 0.29) is 34.7 Å². The minimum atomic E-state index is -0.904. The quantitative estimate of drug-likeness (QED) is 0.183. The van der Waals surface area contributed by atoms with Crippen LogP contribution in [0.15, 0.2) is 45.9 Å². The molecule has 1 aromatic heterocycles. The van der Waals surface area contributed by atoms with E-state index in [0.29, 0.717) is 17.1 Å². The van der Waals surface area contributed by atoms with Gasteiger partial charge in [0.2, 0.25) is 0 Å². The Morgan fingerprint density at radius 1 is 1.21 bits per heavy atom. The van der Waals surface area contributed by atoms with Crippen LogP contribution in [0, 0.1) is 0 Å². The third-order valence-corrected chi connectivity index (χ3v) is 8.43. The van der Waals surface area contributed by atoms with Crippen molar-refractivity contribution in [2.24, 2.45) is 4.99 Å². The number of β-lactam (4-membered cyclic amide) rings is 1. The van der Waals surface area contributed by atoms with Gasteiger partial charge in [-0.3, -0.25) is 24.8 Å². The zero-order chi connectivity index (χ0) is 30.6. The van der Waals surface area contributed by atoms with Crippen LogP contribution in [0.2, 0.25) is 0 Å². The van der Waals surface area contributed by atoms with Crippen LogP contribution in [0.3, 0.4) is 0 Å². The summed E-state index contributed by atoms with van der Waals surface area (Å²) in [5.41, 5.74) is 0.924. The summed E-state index contributed by atoms with van der Waals surface area (Å²) in [5.74, 6) is -0.663. The summed E-state index contributed by atoms with van der Waals surface area (Å²) >= 11 is 8.59. The van der Waals surface area contributed by atoms with Gasteiger partial charge in [-0.2, -0.15) is 0 Å². The van der Waals surface area contributed by atoms with Gasteiger partial charge in [-0.05, 0) is 44.0 Å². The van der Waals surface area contributed by atoms with Crippen LogP contribution in [0.25, 0.3) is 0 Å². The van der Waals surface area contributed by atoms with Gasteiger partial charge < -0.3 is 19.5 Å². The fraction of sp³-hybridized carbons (Fsp3) is 0.407. The van der Waals surface area contributed by atoms with Crippen molar-refractivity contribution in [3.05, 3.63) is 52.2 Å². The number of alkyl halides is 1. The van der Waals surface area contributed by atoms with Crippen LogP contribution in [-0.4, -0.2) is 82.3 Å². The fourth-order valence-electron chi connectivity index (χ4n) is 4.09. The number of methoxy groups -OCH3 is 1. The average molecular weight is 636 g/mol. The molecule has 2 N–H and O–H groups in total. The van der Waals surface area contributed by atoms with Crippen molar-refractivity contribution >= 4 is 69.4 Å². The Balaban J connectivity index is 1.40. The van der Waals surface area contributed by atoms with Crippen molar-refractivity contribution in [3.63, 3.8) is 0 Å². The molecular formula is C27H30ClN5O7S2. The number of ether oxygens (including phenoxy) is 3. The highest BCUT2D eigenvalue weighted by Gasteiger charge is 2.54. The van der Waals surface area contributed by atoms with Crippen molar-refractivity contribution in [1.29, 1.82) is 0 Å². The Morgan fingerprint density at radius 2 is 1.93 bits per heavy atom. The number of anilines is 1. The first-order chi connectivity index (χ1) is 19.9. The van der Waals surface area contributed by atoms with Crippen LogP contribution in [0.1, 0.15) is 32.0 Å². The summed E-state index contributed by atoms with van der Waals surface area (Å²) in [5, 5.41) is 6.48. The van der Waals surface area contributed by atoms with Gasteiger partial charge in [-0.1, -0.05) is 12.1 Å². The maximum Gasteiger partial charge on any atom is 0.413 e. The fourth-order valence-corrected chi connectivity index (χ4v) is 6.45. The number of thioether (sulfide) groups is 1. The number of esters is 1. The number of nitrogens with one attached hydrogen (secondary N) is 2. The Bertz CT molecular complexity index is 1430. The molecule has 2 atom stereocenters. The Morgan fingerprint density at radius 3 is 2.55 bits per heavy atom. The topological polar surface area (TPSA) is 149 Å². The second-order valence-corrected chi connectivity index (χ2v) is 12.3. The van der Waals surface area contributed by atoms with E-state index in [2.05, 4.69) is 20.6 Å². The maximum atomic E-state index is 13.2. The molecule has 1 aromatic carbocycles. The van der Waals surface area contributed by atoms with Crippen LogP contribution in [0.5, 0.6) is 5.75 Å². The molecule has 4 rings (SSSR count). The van der Waals surface area contributed by atoms with Crippen LogP contribution < -0.4 is 15.4 Å². The highest BCUT2D eigenvalue weighted by molar-refractivity contribution is 8.00. The van der Waals surface area contributed by atoms with Gasteiger partial charge in [0.1, 0.15) is 46.5 Å². The summed E-state index contributed by atoms with van der Waals surface area (Å²) in [6, 6.07) is 6.15. The molecule has 2 aromatic rings. The van der Waals surface area contributed by atoms with Crippen molar-refractivity contribution in [3.8, 4) is 5.75 Å². The third-order valence-electron chi connectivity index (χ3n) is 6.01. The number of carbonyl (C=O) groups is 4. The highest BCUT2D eigenvalue weighted by atomic mass is 35.5. The summed E-state index contributed by atoms with van der Waals surface area (Å²) in [4.78, 5) is 61.2. The molecule has 0 saturated carbocycles. The van der Waals surface area contributed by atoms with Crippen molar-refractivity contribution in [1.82, 2.24) is 15.2 Å². The lowest BCUT2D eigenvalue weighted by Gasteiger charge is -2.49. The largest absolute Gasteiger partial charge is 0.497 e. The van der Waals surface area contributed by atoms with E-state index in [1.165, 1.54) is 23.7 Å². The highest BCUT2D eigenvalue weighted by Crippen LogP contribution is 2.41. The lowest BCUT2D eigenvalue weighted by atomic mass is 10.0. The number of hydrogen-bond acceptors (Lipinski definition) is 11. The number of rotatable bonds is 9. The molecular weight excluding hydrogens is 606 g/mol. The number of benzene rings is 1. The van der Waals surface area contributed by atoms with Crippen LogP contribution in [0.4, 0.5) is 9.93 Å². The summed E-state index contributed by atoms with van der Waals surface area (Å²) in [6.45, 7) is 5.21. The number of hydrogen-bond donors (Lipinski definition) is 2. The van der Waals surface area contributed by atoms with Gasteiger partial charge in [-0.15, -0.1) is 34.7 Å². The smallest absolute Gasteiger partial charge is 0.413 e. The molecule has 0 spiro atoms. The third kappa shape index (κ3) is 7.05. The molecule has 0 aliphatic carbocycles. The van der Waals surface area contributed by atoms with Crippen LogP contribution in [-0.2, 0) is 30.5 Å². The van der Waals surface area contributed by atoms with Gasteiger partial charge in [-0.25, -0.2) is 14.6 Å². The molecule has 3 heterocycles. The maximum absolute atomic E-state index is 13.2. The molecule has 0 bridgehead atoms. The molecule has 2 aliphatic heterocycles. The molecule has 3 amide bonds. The van der Waals surface area contributed by atoms with E-state index >= 15 is 0 Å². The lowest BCUT2D eigenvalue weighted by molar-refractivity contribution is -0.153. The minimum Gasteiger partial charge on any atom is -0.497 e. The summed E-state index contributed by atoms with van der Waals surface area (Å²) < 4.78 is 15.9. The Kier molecular flexibility index (Phi) is 9.79. The molecule has 42 heavy (non-hydrogen) atoms. The Labute approximate surface area is 255 Å². The number of nitrogens with zero attached hydrogens (tertiary/aromatic N) is 3. The van der Waals surface area contributed by atoms with E-state index < -0.39 is 40.9 Å². The zero-order valence-corrected chi connectivity index (χ0v) is 25.9. The molecule has 224 valence electrons. The lowest BCUT2D eigenvalue weighted by Crippen LogP contribution is -2.71. The van der Waals surface area contributed by atoms with Crippen molar-refractivity contribution < 1.29 is 33.4 Å². The molecule has 2 aliphatic rings. The number of carbonyl (C=O) groups excluding carboxylic acids is 4. The van der Waals surface area contributed by atoms with E-state index in [0.717, 1.165) is 16.9 Å². The predicted molar refractivity (Wildman–Crippen MR) is 160 cm³/mol. The van der Waals surface area contributed by atoms with E-state index in [4.69, 9.17) is 25.8 Å². The monoisotopic (exact) mass is 635 g/mol. The molecule has 12 nitrogen and oxygen atoms in total. The number of aliphatic imine (C=N–C) groups is 1. The first-order valence-electron chi connectivity index (χ1n) is 12.7. The first kappa shape index (κ1) is 31.3. The number of fused-ring (bicyclic) bond motifs is 1. The molecule has 2 unspecified atom stereocenters. The Hall–Kier alpha value is -3.62. The molecule has 1 saturated heterocycles. The van der Waals surface area contributed by atoms with Gasteiger partial charge in [0.25, 0.3) is 11.8 Å². The van der Waals surface area contributed by atoms with E-state index in [9.17, 15) is 19.2 Å². The van der Waals surface area contributed by atoms with Gasteiger partial charge >= 0.3 is 12.1 Å². The second-order valence-electron chi connectivity index (χ2n) is 10.1. The van der Waals surface area contributed by atoms with Crippen LogP contribution >= 0.6 is 34.7 Å². The molecule has 0 radical (unpaired) electrons. The summed E-state index contributed by atoms with van der Waals surface area (Å²) in [7, 11) is 2.98. The average Bonchev–Trinajstić information content (AvgIpc) is 3.40. The molecule has 1 fully saturated rings. The normalized spacial score (nSPS) is 18.6. The minimum absolute atomic E-state index is 0.00334. The number of amides is 3. The standard InChI is InChI=1S/C27H30ClN5O7S2/c1-27(2,3)40-26(37)32-25-30-17(13-42-25)18(29-4)21(34)31-19-22(35)33-20(15(10-28)12-41-23(19)33)24(36)39-11-14-6-8-16(38-5)9-7-14/h6-9,13,19,23H,10-12H2,1-5H3,(H,31,34)(H,30,32,37). The number of aromatic nitrogens is 1. The SMILES string of the molecule is CN=C(C(=O)NC1C(=O)N2C(C(=O)OCc3ccc(OC)cc3)=C(CCl)CSC12)c1csc(NC(=O)OC(C)(C)C)n1. The van der Waals surface area contributed by atoms with E-state index in [1.54, 1.807) is 57.5 Å². The molecule has 15 heteroatoms. The second kappa shape index (κ2) is 13.1. The van der Waals surface area contributed by atoms with Gasteiger partial charge in [0, 0.05) is 24.1 Å². The number of halogens is 1. The van der Waals surface area contributed by atoms with Gasteiger partial charge in [0.05, 0.1) is 7.11 Å². The van der Waals surface area contributed by atoms with E-state index in [1.807, 2.05) is 0 Å². The van der Waals surface area contributed by atoms with Crippen molar-refractivity contribution in [2.75, 3.05) is 31.1 Å². The van der Waals surface area contributed by atoms with Gasteiger partial charge in [0.15, 0.2) is 5.13 Å². The predicted octanol–water partition coefficient (Wildman–Crippen LogP) is 3.55. The summed E-state index contributed by atoms with van der Waals surface area (Å²) in [6.07, 6.45) is -0.681.